The molecule has 1 aliphatic heterocycles. The molecule has 0 bridgehead atoms. The minimum Gasteiger partial charge on any atom is -0.497 e. The van der Waals surface area contributed by atoms with Crippen LogP contribution in [0.4, 0.5) is 0 Å². The molecule has 0 aromatic heterocycles. The van der Waals surface area contributed by atoms with Gasteiger partial charge in [0.15, 0.2) is 17.3 Å². The van der Waals surface area contributed by atoms with Crippen molar-refractivity contribution in [3.63, 3.8) is 0 Å². The number of rotatable bonds is 10. The zero-order chi connectivity index (χ0) is 28.1. The summed E-state index contributed by atoms with van der Waals surface area (Å²) in [6, 6.07) is 11.3. The fourth-order valence-corrected chi connectivity index (χ4v) is 5.32. The molecule has 1 N–H and O–H groups in total. The Morgan fingerprint density at radius 3 is 2.10 bits per heavy atom. The van der Waals surface area contributed by atoms with Gasteiger partial charge in [-0.1, -0.05) is 12.1 Å². The first-order valence-electron chi connectivity index (χ1n) is 12.7. The van der Waals surface area contributed by atoms with Crippen molar-refractivity contribution in [1.29, 1.82) is 0 Å². The third-order valence-corrected chi connectivity index (χ3v) is 7.18. The van der Waals surface area contributed by atoms with Crippen LogP contribution in [0.1, 0.15) is 42.7 Å². The molecule has 2 aliphatic rings. The van der Waals surface area contributed by atoms with Gasteiger partial charge in [-0.15, -0.1) is 0 Å². The largest absolute Gasteiger partial charge is 0.497 e. The Morgan fingerprint density at radius 1 is 0.872 bits per heavy atom. The van der Waals surface area contributed by atoms with Gasteiger partial charge in [0, 0.05) is 36.4 Å². The van der Waals surface area contributed by atoms with Crippen molar-refractivity contribution in [1.82, 2.24) is 5.32 Å². The summed E-state index contributed by atoms with van der Waals surface area (Å²) in [6.45, 7) is 2.17. The molecule has 0 fully saturated rings. The maximum Gasteiger partial charge on any atom is 0.336 e. The molecule has 2 atom stereocenters. The highest BCUT2D eigenvalue weighted by atomic mass is 16.6. The zero-order valence-corrected chi connectivity index (χ0v) is 23.2. The van der Waals surface area contributed by atoms with Crippen molar-refractivity contribution in [3.8, 4) is 23.0 Å². The monoisotopic (exact) mass is 537 g/mol. The van der Waals surface area contributed by atoms with Crippen LogP contribution in [0.5, 0.6) is 23.0 Å². The van der Waals surface area contributed by atoms with Crippen molar-refractivity contribution in [2.75, 3.05) is 48.8 Å². The summed E-state index contributed by atoms with van der Waals surface area (Å²) in [4.78, 5) is 27.3. The first-order valence-corrected chi connectivity index (χ1v) is 12.7. The van der Waals surface area contributed by atoms with E-state index in [0.29, 0.717) is 52.5 Å². The van der Waals surface area contributed by atoms with Gasteiger partial charge < -0.3 is 33.7 Å². The second kappa shape index (κ2) is 12.3. The van der Waals surface area contributed by atoms with E-state index in [1.165, 1.54) is 28.4 Å². The summed E-state index contributed by atoms with van der Waals surface area (Å²) >= 11 is 0. The maximum absolute atomic E-state index is 13.9. The highest BCUT2D eigenvalue weighted by Crippen LogP contribution is 2.49. The molecular weight excluding hydrogens is 502 g/mol. The molecule has 0 amide bonds. The van der Waals surface area contributed by atoms with E-state index in [2.05, 4.69) is 5.32 Å². The molecule has 0 radical (unpaired) electrons. The lowest BCUT2D eigenvalue weighted by Gasteiger charge is -2.37. The molecule has 0 saturated heterocycles. The van der Waals surface area contributed by atoms with E-state index in [9.17, 15) is 9.59 Å². The van der Waals surface area contributed by atoms with Gasteiger partial charge in [-0.3, -0.25) is 4.79 Å². The summed E-state index contributed by atoms with van der Waals surface area (Å²) in [5.41, 5.74) is 4.02. The van der Waals surface area contributed by atoms with E-state index in [0.717, 1.165) is 17.0 Å². The van der Waals surface area contributed by atoms with Crippen molar-refractivity contribution < 1.29 is 38.0 Å². The first kappa shape index (κ1) is 28.0. The SMILES string of the molecule is COCCOC(=O)C1=C(C)NC2=C(C(=O)C[C@@H](c3ccc(OC)cc3)C2)[C@H]1c1cc(OC)c(OC)c(OC)c1. The number of ether oxygens (including phenoxy) is 6. The van der Waals surface area contributed by atoms with E-state index in [1.54, 1.807) is 19.2 Å². The Balaban J connectivity index is 1.82. The van der Waals surface area contributed by atoms with Crippen LogP contribution in [-0.4, -0.2) is 60.5 Å². The highest BCUT2D eigenvalue weighted by molar-refractivity contribution is 6.04. The highest BCUT2D eigenvalue weighted by Gasteiger charge is 2.42. The third kappa shape index (κ3) is 5.59. The lowest BCUT2D eigenvalue weighted by Crippen LogP contribution is -2.36. The standard InChI is InChI=1S/C30H35NO8/c1-17-26(30(33)39-12-11-34-2)27(20-15-24(36-4)29(38-6)25(16-20)37-5)28-22(31-17)13-19(14-23(28)32)18-7-9-21(35-3)10-8-18/h7-10,15-16,19,27,31H,11-14H2,1-6H3/t19-,27-/m0/s1. The third-order valence-electron chi connectivity index (χ3n) is 7.18. The average Bonchev–Trinajstić information content (AvgIpc) is 2.95. The van der Waals surface area contributed by atoms with E-state index in [4.69, 9.17) is 28.4 Å². The van der Waals surface area contributed by atoms with Crippen LogP contribution >= 0.6 is 0 Å². The number of ketones is 1. The maximum atomic E-state index is 13.9. The van der Waals surface area contributed by atoms with E-state index < -0.39 is 11.9 Å². The van der Waals surface area contributed by atoms with Crippen LogP contribution in [-0.2, 0) is 19.1 Å². The molecule has 0 saturated carbocycles. The fraction of sp³-hybridized carbons (Fsp3) is 0.400. The fourth-order valence-electron chi connectivity index (χ4n) is 5.32. The molecular formula is C30H35NO8. The summed E-state index contributed by atoms with van der Waals surface area (Å²) in [5, 5.41) is 3.37. The van der Waals surface area contributed by atoms with Crippen LogP contribution in [0.2, 0.25) is 0 Å². The predicted octanol–water partition coefficient (Wildman–Crippen LogP) is 4.27. The van der Waals surface area contributed by atoms with Crippen molar-refractivity contribution >= 4 is 11.8 Å². The number of hydrogen-bond acceptors (Lipinski definition) is 9. The molecule has 39 heavy (non-hydrogen) atoms. The predicted molar refractivity (Wildman–Crippen MR) is 145 cm³/mol. The van der Waals surface area contributed by atoms with E-state index in [-0.39, 0.29) is 24.9 Å². The number of hydrogen-bond donors (Lipinski definition) is 1. The second-order valence-electron chi connectivity index (χ2n) is 9.38. The number of esters is 1. The molecule has 0 spiro atoms. The molecule has 1 heterocycles. The average molecular weight is 538 g/mol. The topological polar surface area (TPSA) is 102 Å². The molecule has 9 heteroatoms. The number of benzene rings is 2. The summed E-state index contributed by atoms with van der Waals surface area (Å²) in [5.74, 6) is 0.770. The van der Waals surface area contributed by atoms with E-state index in [1.807, 2.05) is 31.2 Å². The summed E-state index contributed by atoms with van der Waals surface area (Å²) in [6.07, 6.45) is 0.913. The molecule has 9 nitrogen and oxygen atoms in total. The van der Waals surface area contributed by atoms with Crippen LogP contribution in [0.25, 0.3) is 0 Å². The molecule has 0 unspecified atom stereocenters. The Hall–Kier alpha value is -3.98. The first-order chi connectivity index (χ1) is 18.9. The Morgan fingerprint density at radius 2 is 1.54 bits per heavy atom. The second-order valence-corrected chi connectivity index (χ2v) is 9.38. The van der Waals surface area contributed by atoms with Crippen LogP contribution in [0.15, 0.2) is 58.9 Å². The van der Waals surface area contributed by atoms with Gasteiger partial charge in [0.2, 0.25) is 5.75 Å². The van der Waals surface area contributed by atoms with Crippen molar-refractivity contribution in [3.05, 3.63) is 70.1 Å². The molecule has 1 aliphatic carbocycles. The quantitative estimate of drug-likeness (QED) is 0.352. The number of dihydropyridines is 1. The van der Waals surface area contributed by atoms with Crippen LogP contribution in [0.3, 0.4) is 0 Å². The number of nitrogens with one attached hydrogen (secondary N) is 1. The minimum atomic E-state index is -0.686. The summed E-state index contributed by atoms with van der Waals surface area (Å²) in [7, 11) is 7.74. The minimum absolute atomic E-state index is 0.0155. The van der Waals surface area contributed by atoms with Crippen molar-refractivity contribution in [2.45, 2.75) is 31.6 Å². The lowest BCUT2D eigenvalue weighted by molar-refractivity contribution is -0.140. The zero-order valence-electron chi connectivity index (χ0n) is 23.2. The molecule has 2 aromatic carbocycles. The van der Waals surface area contributed by atoms with Gasteiger partial charge in [0.25, 0.3) is 0 Å². The van der Waals surface area contributed by atoms with Gasteiger partial charge >= 0.3 is 5.97 Å². The molecule has 2 aromatic rings. The number of Topliss-reactive ketones (excluding diaryl/α,β-unsaturated/α-hetero) is 1. The number of allylic oxidation sites excluding steroid dienone is 3. The number of carbonyl (C=O) groups excluding carboxylic acids is 2. The lowest BCUT2D eigenvalue weighted by atomic mass is 9.71. The molecule has 208 valence electrons. The summed E-state index contributed by atoms with van der Waals surface area (Å²) < 4.78 is 32.5. The van der Waals surface area contributed by atoms with Crippen LogP contribution in [0, 0.1) is 0 Å². The van der Waals surface area contributed by atoms with Gasteiger partial charge in [0.05, 0.1) is 40.6 Å². The number of carbonyl (C=O) groups is 2. The van der Waals surface area contributed by atoms with Crippen molar-refractivity contribution in [2.24, 2.45) is 0 Å². The normalized spacial score (nSPS) is 18.8. The number of methoxy groups -OCH3 is 5. The Kier molecular flexibility index (Phi) is 8.81. The van der Waals surface area contributed by atoms with Gasteiger partial charge in [-0.2, -0.15) is 0 Å². The smallest absolute Gasteiger partial charge is 0.336 e. The van der Waals surface area contributed by atoms with Gasteiger partial charge in [-0.25, -0.2) is 4.79 Å². The molecule has 4 rings (SSSR count). The Bertz CT molecular complexity index is 1270. The van der Waals surface area contributed by atoms with Gasteiger partial charge in [-0.05, 0) is 54.7 Å². The van der Waals surface area contributed by atoms with Gasteiger partial charge in [0.1, 0.15) is 12.4 Å². The Labute approximate surface area is 228 Å². The van der Waals surface area contributed by atoms with E-state index >= 15 is 0 Å². The van der Waals surface area contributed by atoms with Crippen LogP contribution < -0.4 is 24.3 Å².